The number of aliphatic carboxylic acids is 1. The van der Waals surface area contributed by atoms with Crippen molar-refractivity contribution in [1.82, 2.24) is 4.98 Å². The monoisotopic (exact) mass is 311 g/mol. The van der Waals surface area contributed by atoms with Gasteiger partial charge in [-0.2, -0.15) is 0 Å². The minimum atomic E-state index is -1.07. The van der Waals surface area contributed by atoms with Crippen molar-refractivity contribution in [1.29, 1.82) is 0 Å². The summed E-state index contributed by atoms with van der Waals surface area (Å²) < 4.78 is 10.3. The van der Waals surface area contributed by atoms with E-state index in [1.165, 1.54) is 7.11 Å². The predicted molar refractivity (Wildman–Crippen MR) is 75.5 cm³/mol. The standard InChI is InChI=1S/C13H13NO6S/c1-19-9-5-8(20-6-11(15)16)3-2-7(9)4-10-12(17)14-13(18)21-10/h2-3,5,17H,4,6H2,1H3,(H,14,18)(H,15,16). The Morgan fingerprint density at radius 1 is 1.43 bits per heavy atom. The number of carbonyl (C=O) groups is 1. The van der Waals surface area contributed by atoms with E-state index in [0.29, 0.717) is 22.8 Å². The SMILES string of the molecule is COc1cc(OCC(=O)O)ccc1Cc1sc(=O)[nH]c1O. The molecule has 21 heavy (non-hydrogen) atoms. The molecule has 3 N–H and O–H groups in total. The van der Waals surface area contributed by atoms with Gasteiger partial charge in [0.1, 0.15) is 11.5 Å². The molecule has 2 rings (SSSR count). The third-order valence-electron chi connectivity index (χ3n) is 2.67. The molecule has 0 aliphatic carbocycles. The van der Waals surface area contributed by atoms with Gasteiger partial charge in [-0.3, -0.25) is 9.78 Å². The first-order valence-corrected chi connectivity index (χ1v) is 6.73. The van der Waals surface area contributed by atoms with Crippen LogP contribution in [0.4, 0.5) is 0 Å². The predicted octanol–water partition coefficient (Wildman–Crippen LogP) is 1.20. The normalized spacial score (nSPS) is 10.3. The van der Waals surface area contributed by atoms with Crippen LogP contribution in [0.1, 0.15) is 10.4 Å². The van der Waals surface area contributed by atoms with Crippen molar-refractivity contribution in [2.75, 3.05) is 13.7 Å². The number of benzene rings is 1. The molecule has 0 atom stereocenters. The first-order chi connectivity index (χ1) is 9.99. The molecule has 7 nitrogen and oxygen atoms in total. The molecule has 0 amide bonds. The smallest absolute Gasteiger partial charge is 0.341 e. The molecule has 0 aliphatic heterocycles. The van der Waals surface area contributed by atoms with Gasteiger partial charge in [0.05, 0.1) is 12.0 Å². The lowest BCUT2D eigenvalue weighted by molar-refractivity contribution is -0.139. The molecular weight excluding hydrogens is 298 g/mol. The van der Waals surface area contributed by atoms with E-state index in [1.807, 2.05) is 0 Å². The molecule has 0 radical (unpaired) electrons. The highest BCUT2D eigenvalue weighted by molar-refractivity contribution is 7.09. The van der Waals surface area contributed by atoms with Crippen molar-refractivity contribution in [2.45, 2.75) is 6.42 Å². The largest absolute Gasteiger partial charge is 0.496 e. The third kappa shape index (κ3) is 3.76. The quantitative estimate of drug-likeness (QED) is 0.740. The highest BCUT2D eigenvalue weighted by Gasteiger charge is 2.12. The highest BCUT2D eigenvalue weighted by Crippen LogP contribution is 2.29. The second-order valence-corrected chi connectivity index (χ2v) is 5.19. The molecule has 112 valence electrons. The van der Waals surface area contributed by atoms with Gasteiger partial charge in [-0.05, 0) is 11.6 Å². The molecule has 2 aromatic rings. The molecule has 0 bridgehead atoms. The zero-order valence-corrected chi connectivity index (χ0v) is 11.9. The van der Waals surface area contributed by atoms with Crippen molar-refractivity contribution in [3.8, 4) is 17.4 Å². The van der Waals surface area contributed by atoms with Crippen LogP contribution < -0.4 is 14.3 Å². The van der Waals surface area contributed by atoms with Gasteiger partial charge in [-0.25, -0.2) is 4.79 Å². The van der Waals surface area contributed by atoms with Gasteiger partial charge < -0.3 is 19.7 Å². The van der Waals surface area contributed by atoms with E-state index in [1.54, 1.807) is 18.2 Å². The van der Waals surface area contributed by atoms with Gasteiger partial charge in [-0.1, -0.05) is 17.4 Å². The number of carboxylic acids is 1. The lowest BCUT2D eigenvalue weighted by Gasteiger charge is -2.10. The fraction of sp³-hybridized carbons (Fsp3) is 0.231. The van der Waals surface area contributed by atoms with E-state index in [2.05, 4.69) is 4.98 Å². The number of aromatic amines is 1. The molecule has 1 aromatic carbocycles. The highest BCUT2D eigenvalue weighted by atomic mass is 32.1. The number of nitrogens with one attached hydrogen (secondary N) is 1. The van der Waals surface area contributed by atoms with Gasteiger partial charge in [0.2, 0.25) is 5.88 Å². The Hall–Kier alpha value is -2.48. The van der Waals surface area contributed by atoms with Crippen LogP contribution in [0.2, 0.25) is 0 Å². The number of carboxylic acid groups (broad SMARTS) is 1. The van der Waals surface area contributed by atoms with Crippen molar-refractivity contribution in [3.63, 3.8) is 0 Å². The summed E-state index contributed by atoms with van der Waals surface area (Å²) in [6.07, 6.45) is 0.317. The van der Waals surface area contributed by atoms with Crippen LogP contribution in [0.3, 0.4) is 0 Å². The second kappa shape index (κ2) is 6.31. The van der Waals surface area contributed by atoms with E-state index < -0.39 is 12.6 Å². The molecular formula is C13H13NO6S. The van der Waals surface area contributed by atoms with Crippen molar-refractivity contribution in [2.24, 2.45) is 0 Å². The Bertz CT molecular complexity index is 705. The van der Waals surface area contributed by atoms with Crippen molar-refractivity contribution in [3.05, 3.63) is 38.3 Å². The fourth-order valence-electron chi connectivity index (χ4n) is 1.75. The Labute approximate surface area is 123 Å². The maximum absolute atomic E-state index is 11.2. The Balaban J connectivity index is 2.21. The molecule has 1 aromatic heterocycles. The van der Waals surface area contributed by atoms with Crippen LogP contribution in [0.5, 0.6) is 17.4 Å². The number of hydrogen-bond acceptors (Lipinski definition) is 6. The van der Waals surface area contributed by atoms with Crippen LogP contribution in [0.15, 0.2) is 23.0 Å². The average Bonchev–Trinajstić information content (AvgIpc) is 2.75. The number of thiazole rings is 1. The number of rotatable bonds is 6. The summed E-state index contributed by atoms with van der Waals surface area (Å²) >= 11 is 0.921. The molecule has 0 aliphatic rings. The summed E-state index contributed by atoms with van der Waals surface area (Å²) in [5.41, 5.74) is 0.741. The van der Waals surface area contributed by atoms with Crippen LogP contribution in [-0.2, 0) is 11.2 Å². The molecule has 0 saturated carbocycles. The van der Waals surface area contributed by atoms with E-state index in [4.69, 9.17) is 14.6 Å². The maximum atomic E-state index is 11.2. The molecule has 0 saturated heterocycles. The van der Waals surface area contributed by atoms with Crippen molar-refractivity contribution < 1.29 is 24.5 Å². The van der Waals surface area contributed by atoms with Crippen LogP contribution in [-0.4, -0.2) is 34.9 Å². The topological polar surface area (TPSA) is 109 Å². The summed E-state index contributed by atoms with van der Waals surface area (Å²) in [4.78, 5) is 24.1. The number of aromatic hydroxyl groups is 1. The summed E-state index contributed by atoms with van der Waals surface area (Å²) in [7, 11) is 1.47. The van der Waals surface area contributed by atoms with Gasteiger partial charge in [0.25, 0.3) is 0 Å². The lowest BCUT2D eigenvalue weighted by Crippen LogP contribution is -2.09. The lowest BCUT2D eigenvalue weighted by atomic mass is 10.1. The number of hydrogen-bond donors (Lipinski definition) is 3. The first kappa shape index (κ1) is 14.9. The minimum absolute atomic E-state index is 0.154. The van der Waals surface area contributed by atoms with Crippen molar-refractivity contribution >= 4 is 17.3 Å². The summed E-state index contributed by atoms with van der Waals surface area (Å²) in [6.45, 7) is -0.442. The molecule has 8 heteroatoms. The molecule has 0 spiro atoms. The van der Waals surface area contributed by atoms with Gasteiger partial charge >= 0.3 is 10.8 Å². The summed E-state index contributed by atoms with van der Waals surface area (Å²) in [5.74, 6) is -0.374. The number of H-pyrrole nitrogens is 1. The Kier molecular flexibility index (Phi) is 4.49. The molecule has 0 unspecified atom stereocenters. The first-order valence-electron chi connectivity index (χ1n) is 5.92. The average molecular weight is 311 g/mol. The number of ether oxygens (including phenoxy) is 2. The summed E-state index contributed by atoms with van der Waals surface area (Å²) in [6, 6.07) is 4.86. The molecule has 0 fully saturated rings. The van der Waals surface area contributed by atoms with E-state index in [-0.39, 0.29) is 10.8 Å². The Morgan fingerprint density at radius 3 is 2.76 bits per heavy atom. The van der Waals surface area contributed by atoms with E-state index >= 15 is 0 Å². The van der Waals surface area contributed by atoms with Crippen LogP contribution in [0.25, 0.3) is 0 Å². The van der Waals surface area contributed by atoms with Crippen LogP contribution >= 0.6 is 11.3 Å². The molecule has 1 heterocycles. The van der Waals surface area contributed by atoms with E-state index in [9.17, 15) is 14.7 Å². The van der Waals surface area contributed by atoms with Crippen LogP contribution in [0, 0.1) is 0 Å². The van der Waals surface area contributed by atoms with E-state index in [0.717, 1.165) is 16.9 Å². The fourth-order valence-corrected chi connectivity index (χ4v) is 2.50. The maximum Gasteiger partial charge on any atom is 0.341 e. The zero-order valence-electron chi connectivity index (χ0n) is 11.1. The number of methoxy groups -OCH3 is 1. The second-order valence-electron chi connectivity index (χ2n) is 4.12. The van der Waals surface area contributed by atoms with Gasteiger partial charge in [0.15, 0.2) is 6.61 Å². The minimum Gasteiger partial charge on any atom is -0.496 e. The Morgan fingerprint density at radius 2 is 2.19 bits per heavy atom. The van der Waals surface area contributed by atoms with Gasteiger partial charge in [-0.15, -0.1) is 0 Å². The number of aromatic nitrogens is 1. The van der Waals surface area contributed by atoms with Gasteiger partial charge in [0, 0.05) is 12.5 Å². The third-order valence-corrected chi connectivity index (χ3v) is 3.54. The summed E-state index contributed by atoms with van der Waals surface area (Å²) in [5, 5.41) is 18.1. The zero-order chi connectivity index (χ0) is 15.4.